The Hall–Kier alpha value is -2.56. The monoisotopic (exact) mass is 257 g/mol. The van der Waals surface area contributed by atoms with Gasteiger partial charge < -0.3 is 15.7 Å². The molecule has 1 heterocycles. The lowest BCUT2D eigenvalue weighted by molar-refractivity contribution is -0.135. The van der Waals surface area contributed by atoms with Crippen molar-refractivity contribution in [3.63, 3.8) is 0 Å². The van der Waals surface area contributed by atoms with E-state index in [9.17, 15) is 4.79 Å². The van der Waals surface area contributed by atoms with Gasteiger partial charge in [0.25, 0.3) is 0 Å². The van der Waals surface area contributed by atoms with Crippen molar-refractivity contribution in [3.8, 4) is 0 Å². The van der Waals surface area contributed by atoms with Gasteiger partial charge in [-0.3, -0.25) is 9.78 Å². The molecule has 98 valence electrons. The van der Waals surface area contributed by atoms with Crippen molar-refractivity contribution >= 4 is 17.3 Å². The second-order valence-corrected chi connectivity index (χ2v) is 4.16. The molecule has 0 unspecified atom stereocenters. The molecule has 0 bridgehead atoms. The van der Waals surface area contributed by atoms with Crippen molar-refractivity contribution in [1.29, 1.82) is 0 Å². The molecule has 0 saturated carbocycles. The number of nitrogen functional groups attached to an aromatic ring is 1. The molecule has 0 fully saturated rings. The summed E-state index contributed by atoms with van der Waals surface area (Å²) < 4.78 is 0. The van der Waals surface area contributed by atoms with E-state index in [-0.39, 0.29) is 6.54 Å². The van der Waals surface area contributed by atoms with E-state index in [0.717, 1.165) is 11.3 Å². The lowest BCUT2D eigenvalue weighted by Crippen LogP contribution is -2.29. The minimum Gasteiger partial charge on any atom is -0.480 e. The number of pyridine rings is 1. The quantitative estimate of drug-likeness (QED) is 0.798. The smallest absolute Gasteiger partial charge is 0.323 e. The third-order valence-electron chi connectivity index (χ3n) is 2.73. The van der Waals surface area contributed by atoms with Crippen LogP contribution in [0.15, 0.2) is 48.8 Å². The predicted molar refractivity (Wildman–Crippen MR) is 73.8 cm³/mol. The Morgan fingerprint density at radius 1 is 1.21 bits per heavy atom. The molecule has 3 N–H and O–H groups in total. The van der Waals surface area contributed by atoms with E-state index in [2.05, 4.69) is 4.98 Å². The number of hydrogen-bond acceptors (Lipinski definition) is 4. The topological polar surface area (TPSA) is 79.5 Å². The van der Waals surface area contributed by atoms with Crippen LogP contribution in [0.1, 0.15) is 5.56 Å². The average molecular weight is 257 g/mol. The minimum atomic E-state index is -0.891. The number of hydrogen-bond donors (Lipinski definition) is 2. The largest absolute Gasteiger partial charge is 0.480 e. The Morgan fingerprint density at radius 2 is 1.89 bits per heavy atom. The molecule has 1 aromatic carbocycles. The number of para-hydroxylation sites is 2. The number of rotatable bonds is 5. The minimum absolute atomic E-state index is 0.101. The van der Waals surface area contributed by atoms with Crippen molar-refractivity contribution in [1.82, 2.24) is 4.98 Å². The van der Waals surface area contributed by atoms with Crippen LogP contribution in [0.4, 0.5) is 11.4 Å². The van der Waals surface area contributed by atoms with Crippen molar-refractivity contribution < 1.29 is 9.90 Å². The molecule has 2 rings (SSSR count). The Morgan fingerprint density at radius 3 is 2.53 bits per heavy atom. The number of aromatic nitrogens is 1. The Kier molecular flexibility index (Phi) is 3.97. The van der Waals surface area contributed by atoms with Crippen LogP contribution >= 0.6 is 0 Å². The molecule has 0 spiro atoms. The van der Waals surface area contributed by atoms with E-state index in [1.165, 1.54) is 0 Å². The molecule has 0 aliphatic rings. The van der Waals surface area contributed by atoms with Gasteiger partial charge in [-0.05, 0) is 29.8 Å². The van der Waals surface area contributed by atoms with Crippen LogP contribution in [0, 0.1) is 0 Å². The lowest BCUT2D eigenvalue weighted by Gasteiger charge is -2.24. The fourth-order valence-corrected chi connectivity index (χ4v) is 1.87. The second kappa shape index (κ2) is 5.86. The molecule has 0 radical (unpaired) electrons. The third-order valence-corrected chi connectivity index (χ3v) is 2.73. The molecule has 0 aliphatic carbocycles. The first kappa shape index (κ1) is 12.9. The highest BCUT2D eigenvalue weighted by molar-refractivity contribution is 5.77. The number of nitrogens with zero attached hydrogens (tertiary/aromatic N) is 2. The zero-order chi connectivity index (χ0) is 13.7. The lowest BCUT2D eigenvalue weighted by atomic mass is 10.2. The Labute approximate surface area is 111 Å². The van der Waals surface area contributed by atoms with E-state index in [1.807, 2.05) is 30.3 Å². The summed E-state index contributed by atoms with van der Waals surface area (Å²) in [5, 5.41) is 9.02. The molecule has 5 nitrogen and oxygen atoms in total. The van der Waals surface area contributed by atoms with Crippen LogP contribution in [-0.4, -0.2) is 22.6 Å². The summed E-state index contributed by atoms with van der Waals surface area (Å²) in [5.41, 5.74) is 8.18. The number of anilines is 2. The SMILES string of the molecule is Nc1ccccc1N(CC(=O)O)Cc1ccncc1. The van der Waals surface area contributed by atoms with E-state index in [4.69, 9.17) is 10.8 Å². The summed E-state index contributed by atoms with van der Waals surface area (Å²) >= 11 is 0. The van der Waals surface area contributed by atoms with Crippen molar-refractivity contribution in [2.24, 2.45) is 0 Å². The number of carboxylic acids is 1. The fourth-order valence-electron chi connectivity index (χ4n) is 1.87. The summed E-state index contributed by atoms with van der Waals surface area (Å²) in [7, 11) is 0. The number of nitrogens with two attached hydrogens (primary N) is 1. The normalized spacial score (nSPS) is 10.1. The van der Waals surface area contributed by atoms with Gasteiger partial charge in [0.2, 0.25) is 0 Å². The molecule has 19 heavy (non-hydrogen) atoms. The predicted octanol–water partition coefficient (Wildman–Crippen LogP) is 1.76. The highest BCUT2D eigenvalue weighted by Crippen LogP contribution is 2.23. The first-order valence-corrected chi connectivity index (χ1v) is 5.87. The van der Waals surface area contributed by atoms with Gasteiger partial charge in [0.1, 0.15) is 6.54 Å². The molecule has 0 aliphatic heterocycles. The van der Waals surface area contributed by atoms with Crippen molar-refractivity contribution in [2.75, 3.05) is 17.2 Å². The molecular weight excluding hydrogens is 242 g/mol. The molecule has 0 saturated heterocycles. The van der Waals surface area contributed by atoms with Gasteiger partial charge in [0.05, 0.1) is 11.4 Å². The van der Waals surface area contributed by atoms with Crippen LogP contribution in [0.25, 0.3) is 0 Å². The van der Waals surface area contributed by atoms with Crippen LogP contribution in [-0.2, 0) is 11.3 Å². The Bertz CT molecular complexity index is 558. The van der Waals surface area contributed by atoms with Crippen LogP contribution in [0.2, 0.25) is 0 Å². The zero-order valence-electron chi connectivity index (χ0n) is 10.4. The highest BCUT2D eigenvalue weighted by atomic mass is 16.4. The summed E-state index contributed by atoms with van der Waals surface area (Å²) in [4.78, 5) is 16.7. The number of carbonyl (C=O) groups is 1. The summed E-state index contributed by atoms with van der Waals surface area (Å²) in [6.07, 6.45) is 3.37. The van der Waals surface area contributed by atoms with Crippen molar-refractivity contribution in [3.05, 3.63) is 54.4 Å². The maximum absolute atomic E-state index is 11.0. The first-order chi connectivity index (χ1) is 9.16. The maximum atomic E-state index is 11.0. The van der Waals surface area contributed by atoms with Gasteiger partial charge in [0.15, 0.2) is 0 Å². The van der Waals surface area contributed by atoms with Crippen LogP contribution in [0.5, 0.6) is 0 Å². The van der Waals surface area contributed by atoms with Crippen molar-refractivity contribution in [2.45, 2.75) is 6.54 Å². The fraction of sp³-hybridized carbons (Fsp3) is 0.143. The molecule has 2 aromatic rings. The maximum Gasteiger partial charge on any atom is 0.323 e. The second-order valence-electron chi connectivity index (χ2n) is 4.16. The summed E-state index contributed by atoms with van der Waals surface area (Å²) in [6, 6.07) is 11.0. The molecular formula is C14H15N3O2. The summed E-state index contributed by atoms with van der Waals surface area (Å²) in [6.45, 7) is 0.375. The molecule has 5 heteroatoms. The van der Waals surface area contributed by atoms with Gasteiger partial charge in [-0.2, -0.15) is 0 Å². The standard InChI is InChI=1S/C14H15N3O2/c15-12-3-1-2-4-13(12)17(10-14(18)19)9-11-5-7-16-8-6-11/h1-8H,9-10,15H2,(H,18,19). The van der Waals surface area contributed by atoms with Gasteiger partial charge in [-0.15, -0.1) is 0 Å². The Balaban J connectivity index is 2.26. The van der Waals surface area contributed by atoms with Crippen LogP contribution < -0.4 is 10.6 Å². The third kappa shape index (κ3) is 3.45. The van der Waals surface area contributed by atoms with Gasteiger partial charge in [-0.25, -0.2) is 0 Å². The molecule has 0 amide bonds. The van der Waals surface area contributed by atoms with Crippen LogP contribution in [0.3, 0.4) is 0 Å². The van der Waals surface area contributed by atoms with Gasteiger partial charge in [0, 0.05) is 18.9 Å². The zero-order valence-corrected chi connectivity index (χ0v) is 10.4. The van der Waals surface area contributed by atoms with Gasteiger partial charge >= 0.3 is 5.97 Å². The van der Waals surface area contributed by atoms with E-state index in [0.29, 0.717) is 12.2 Å². The van der Waals surface area contributed by atoms with E-state index >= 15 is 0 Å². The highest BCUT2D eigenvalue weighted by Gasteiger charge is 2.13. The first-order valence-electron chi connectivity index (χ1n) is 5.87. The number of benzene rings is 1. The molecule has 1 aromatic heterocycles. The molecule has 0 atom stereocenters. The average Bonchev–Trinajstić information content (AvgIpc) is 2.39. The summed E-state index contributed by atoms with van der Waals surface area (Å²) in [5.74, 6) is -0.891. The van der Waals surface area contributed by atoms with E-state index < -0.39 is 5.97 Å². The van der Waals surface area contributed by atoms with Gasteiger partial charge in [-0.1, -0.05) is 12.1 Å². The number of aliphatic carboxylic acids is 1. The van der Waals surface area contributed by atoms with E-state index in [1.54, 1.807) is 23.4 Å². The number of carboxylic acid groups (broad SMARTS) is 1.